The number of hydrogen-bond donors (Lipinski definition) is 3. The molecule has 1 heterocycles. The van der Waals surface area contributed by atoms with Crippen molar-refractivity contribution in [3.63, 3.8) is 0 Å². The Hall–Kier alpha value is -3.62. The van der Waals surface area contributed by atoms with E-state index in [2.05, 4.69) is 26.7 Å². The summed E-state index contributed by atoms with van der Waals surface area (Å²) in [6.45, 7) is 3.31. The van der Waals surface area contributed by atoms with Crippen LogP contribution in [-0.4, -0.2) is 23.2 Å². The maximum atomic E-state index is 13.0. The molecule has 134 valence electrons. The van der Waals surface area contributed by atoms with Crippen molar-refractivity contribution in [2.75, 3.05) is 10.6 Å². The van der Waals surface area contributed by atoms with E-state index in [1.807, 2.05) is 0 Å². The summed E-state index contributed by atoms with van der Waals surface area (Å²) in [6, 6.07) is 7.60. The normalized spacial score (nSPS) is 13.8. The number of rotatable bonds is 4. The number of carbonyl (C=O) groups excluding carboxylic acids is 2. The summed E-state index contributed by atoms with van der Waals surface area (Å²) in [4.78, 5) is 23.7. The lowest BCUT2D eigenvalue weighted by Gasteiger charge is -2.09. The number of alkyl halides is 2. The molecule has 0 bridgehead atoms. The van der Waals surface area contributed by atoms with Crippen LogP contribution in [0.5, 0.6) is 17.2 Å². The fourth-order valence-corrected chi connectivity index (χ4v) is 2.21. The van der Waals surface area contributed by atoms with Gasteiger partial charge in [-0.25, -0.2) is 0 Å². The number of phenols is 1. The van der Waals surface area contributed by atoms with E-state index in [0.29, 0.717) is 0 Å². The van der Waals surface area contributed by atoms with Gasteiger partial charge in [0.2, 0.25) is 5.91 Å². The molecule has 0 saturated heterocycles. The average molecular weight is 362 g/mol. The molecule has 3 N–H and O–H groups in total. The Kier molecular flexibility index (Phi) is 4.21. The van der Waals surface area contributed by atoms with Gasteiger partial charge >= 0.3 is 6.29 Å². The number of anilines is 2. The van der Waals surface area contributed by atoms with Gasteiger partial charge in [-0.05, 0) is 36.4 Å². The lowest BCUT2D eigenvalue weighted by atomic mass is 10.1. The minimum absolute atomic E-state index is 0.130. The number of hydrogen-bond acceptors (Lipinski definition) is 5. The third-order valence-corrected chi connectivity index (χ3v) is 3.35. The molecule has 0 aromatic heterocycles. The Morgan fingerprint density at radius 2 is 1.69 bits per heavy atom. The maximum Gasteiger partial charge on any atom is 0.586 e. The summed E-state index contributed by atoms with van der Waals surface area (Å²) < 4.78 is 34.6. The predicted octanol–water partition coefficient (Wildman–Crippen LogP) is 3.09. The topological polar surface area (TPSA) is 96.9 Å². The smallest absolute Gasteiger partial charge is 0.507 e. The van der Waals surface area contributed by atoms with Crippen LogP contribution in [0.4, 0.5) is 20.2 Å². The molecule has 9 heteroatoms. The molecule has 0 unspecified atom stereocenters. The number of carbonyl (C=O) groups is 2. The van der Waals surface area contributed by atoms with E-state index in [-0.39, 0.29) is 34.2 Å². The molecule has 0 saturated carbocycles. The van der Waals surface area contributed by atoms with Crippen LogP contribution in [0.3, 0.4) is 0 Å². The summed E-state index contributed by atoms with van der Waals surface area (Å²) in [5, 5.41) is 14.8. The van der Waals surface area contributed by atoms with Crippen LogP contribution in [0, 0.1) is 0 Å². The van der Waals surface area contributed by atoms with Crippen LogP contribution in [0.15, 0.2) is 49.1 Å². The van der Waals surface area contributed by atoms with Crippen molar-refractivity contribution in [2.45, 2.75) is 6.29 Å². The molecule has 2 amide bonds. The summed E-state index contributed by atoms with van der Waals surface area (Å²) in [5.74, 6) is -1.93. The maximum absolute atomic E-state index is 13.0. The van der Waals surface area contributed by atoms with Gasteiger partial charge in [-0.15, -0.1) is 8.78 Å². The molecule has 2 aromatic rings. The van der Waals surface area contributed by atoms with Crippen LogP contribution in [0.2, 0.25) is 0 Å². The van der Waals surface area contributed by atoms with E-state index in [4.69, 9.17) is 0 Å². The Labute approximate surface area is 145 Å². The van der Waals surface area contributed by atoms with Crippen molar-refractivity contribution >= 4 is 23.2 Å². The minimum Gasteiger partial charge on any atom is -0.507 e. The number of phenolic OH excluding ortho intramolecular Hbond substituents is 1. The fraction of sp³-hybridized carbons (Fsp3) is 0.0588. The average Bonchev–Trinajstić information content (AvgIpc) is 2.89. The number of amides is 2. The summed E-state index contributed by atoms with van der Waals surface area (Å²) in [6.07, 6.45) is -2.71. The van der Waals surface area contributed by atoms with Crippen molar-refractivity contribution in [1.29, 1.82) is 0 Å². The van der Waals surface area contributed by atoms with Gasteiger partial charge in [-0.3, -0.25) is 9.59 Å². The lowest BCUT2D eigenvalue weighted by Crippen LogP contribution is -2.25. The van der Waals surface area contributed by atoms with Gasteiger partial charge in [-0.2, -0.15) is 0 Å². The number of nitrogens with one attached hydrogen (secondary N) is 2. The van der Waals surface area contributed by atoms with Gasteiger partial charge in [0.25, 0.3) is 5.91 Å². The molecule has 0 aliphatic carbocycles. The zero-order chi connectivity index (χ0) is 18.9. The molecule has 3 rings (SSSR count). The molecule has 7 nitrogen and oxygen atoms in total. The molecule has 1 aliphatic rings. The summed E-state index contributed by atoms with van der Waals surface area (Å²) in [5.41, 5.74) is 0.285. The van der Waals surface area contributed by atoms with Crippen molar-refractivity contribution in [1.82, 2.24) is 0 Å². The third kappa shape index (κ3) is 3.56. The largest absolute Gasteiger partial charge is 0.586 e. The Balaban J connectivity index is 1.80. The minimum atomic E-state index is -3.76. The van der Waals surface area contributed by atoms with Crippen molar-refractivity contribution in [2.24, 2.45) is 0 Å². The van der Waals surface area contributed by atoms with Crippen molar-refractivity contribution in [3.8, 4) is 17.2 Å². The van der Waals surface area contributed by atoms with E-state index < -0.39 is 18.1 Å². The van der Waals surface area contributed by atoms with E-state index in [0.717, 1.165) is 12.1 Å². The second kappa shape index (κ2) is 6.36. The number of fused-ring (bicyclic) bond motifs is 1. The number of ether oxygens (including phenoxy) is 2. The van der Waals surface area contributed by atoms with E-state index in [1.54, 1.807) is 0 Å². The standard InChI is InChI=1S/C17H12F2N2O5/c1-2-15(23)20-9-3-5-12(22)11(7-9)16(24)21-10-4-6-13-14(8-10)26-17(18,19)25-13/h2-8,22H,1H2,(H,20,23)(H,21,24). The van der Waals surface area contributed by atoms with E-state index in [1.165, 1.54) is 30.3 Å². The Morgan fingerprint density at radius 1 is 1.04 bits per heavy atom. The molecule has 0 fully saturated rings. The second-order valence-corrected chi connectivity index (χ2v) is 5.21. The summed E-state index contributed by atoms with van der Waals surface area (Å²) >= 11 is 0. The lowest BCUT2D eigenvalue weighted by molar-refractivity contribution is -0.286. The van der Waals surface area contributed by atoms with Crippen LogP contribution >= 0.6 is 0 Å². The highest BCUT2D eigenvalue weighted by Gasteiger charge is 2.43. The van der Waals surface area contributed by atoms with Crippen LogP contribution in [0.25, 0.3) is 0 Å². The first-order valence-electron chi connectivity index (χ1n) is 7.25. The van der Waals surface area contributed by atoms with E-state index in [9.17, 15) is 23.5 Å². The summed E-state index contributed by atoms with van der Waals surface area (Å²) in [7, 11) is 0. The van der Waals surface area contributed by atoms with Crippen molar-refractivity contribution < 1.29 is 33.0 Å². The Bertz CT molecular complexity index is 914. The SMILES string of the molecule is C=CC(=O)Nc1ccc(O)c(C(=O)Nc2ccc3c(c2)OC(F)(F)O3)c1. The first-order valence-corrected chi connectivity index (χ1v) is 7.25. The molecule has 0 radical (unpaired) electrons. The molecule has 1 aliphatic heterocycles. The van der Waals surface area contributed by atoms with Gasteiger partial charge in [0.1, 0.15) is 5.75 Å². The van der Waals surface area contributed by atoms with Gasteiger partial charge in [0.05, 0.1) is 5.56 Å². The van der Waals surface area contributed by atoms with Gasteiger partial charge in [0, 0.05) is 17.4 Å². The molecular weight excluding hydrogens is 350 g/mol. The molecule has 2 aromatic carbocycles. The van der Waals surface area contributed by atoms with Crippen LogP contribution in [-0.2, 0) is 4.79 Å². The first-order chi connectivity index (χ1) is 12.3. The molecule has 0 spiro atoms. The monoisotopic (exact) mass is 362 g/mol. The van der Waals surface area contributed by atoms with Crippen LogP contribution < -0.4 is 20.1 Å². The van der Waals surface area contributed by atoms with Gasteiger partial charge in [-0.1, -0.05) is 6.58 Å². The highest BCUT2D eigenvalue weighted by atomic mass is 19.3. The number of halogens is 2. The Morgan fingerprint density at radius 3 is 2.42 bits per heavy atom. The zero-order valence-electron chi connectivity index (χ0n) is 13.1. The molecule has 0 atom stereocenters. The first kappa shape index (κ1) is 17.2. The molecular formula is C17H12F2N2O5. The second-order valence-electron chi connectivity index (χ2n) is 5.21. The van der Waals surface area contributed by atoms with E-state index >= 15 is 0 Å². The fourth-order valence-electron chi connectivity index (χ4n) is 2.21. The predicted molar refractivity (Wildman–Crippen MR) is 87.5 cm³/mol. The van der Waals surface area contributed by atoms with Crippen molar-refractivity contribution in [3.05, 3.63) is 54.6 Å². The zero-order valence-corrected chi connectivity index (χ0v) is 13.1. The van der Waals surface area contributed by atoms with Gasteiger partial charge in [0.15, 0.2) is 11.5 Å². The molecule has 26 heavy (non-hydrogen) atoms. The van der Waals surface area contributed by atoms with Gasteiger partial charge < -0.3 is 25.2 Å². The number of aromatic hydroxyl groups is 1. The van der Waals surface area contributed by atoms with Crippen LogP contribution in [0.1, 0.15) is 10.4 Å². The quantitative estimate of drug-likeness (QED) is 0.574. The third-order valence-electron chi connectivity index (χ3n) is 3.35. The number of benzene rings is 2. The highest BCUT2D eigenvalue weighted by molar-refractivity contribution is 6.07. The highest BCUT2D eigenvalue weighted by Crippen LogP contribution is 2.42.